The number of hydrogen-bond donors (Lipinski definition) is 1. The van der Waals surface area contributed by atoms with E-state index in [0.717, 1.165) is 31.5 Å². The average Bonchev–Trinajstić information content (AvgIpc) is 2.57. The standard InChI is InChI=1S/C18H21N3O/c22-18(20-16-9-11-19-12-10-16)21-13-5-4-8-17(21)14-15-6-2-1-3-7-15/h1-3,6-7,9-12,17H,4-5,8,13-14H2,(H,19,20,22). The molecule has 4 heteroatoms. The first kappa shape index (κ1) is 14.6. The Bertz CT molecular complexity index is 600. The van der Waals surface area contributed by atoms with E-state index in [-0.39, 0.29) is 12.1 Å². The second-order valence-electron chi connectivity index (χ2n) is 5.70. The number of urea groups is 1. The number of hydrogen-bond acceptors (Lipinski definition) is 2. The van der Waals surface area contributed by atoms with Crippen LogP contribution in [0, 0.1) is 0 Å². The molecule has 1 aromatic heterocycles. The summed E-state index contributed by atoms with van der Waals surface area (Å²) in [4.78, 5) is 18.5. The fourth-order valence-corrected chi connectivity index (χ4v) is 3.00. The van der Waals surface area contributed by atoms with Gasteiger partial charge in [0.1, 0.15) is 0 Å². The summed E-state index contributed by atoms with van der Waals surface area (Å²) in [5.41, 5.74) is 2.08. The molecule has 2 amide bonds. The van der Waals surface area contributed by atoms with Crippen LogP contribution < -0.4 is 5.32 Å². The molecule has 4 nitrogen and oxygen atoms in total. The Hall–Kier alpha value is -2.36. The van der Waals surface area contributed by atoms with Crippen molar-refractivity contribution in [3.63, 3.8) is 0 Å². The third-order valence-electron chi connectivity index (χ3n) is 4.13. The number of piperidine rings is 1. The average molecular weight is 295 g/mol. The number of carbonyl (C=O) groups is 1. The quantitative estimate of drug-likeness (QED) is 0.938. The van der Waals surface area contributed by atoms with Crippen molar-refractivity contribution >= 4 is 11.7 Å². The third-order valence-corrected chi connectivity index (χ3v) is 4.13. The monoisotopic (exact) mass is 295 g/mol. The fraction of sp³-hybridized carbons (Fsp3) is 0.333. The highest BCUT2D eigenvalue weighted by molar-refractivity contribution is 5.89. The molecule has 2 heterocycles. The van der Waals surface area contributed by atoms with Gasteiger partial charge in [-0.1, -0.05) is 30.3 Å². The molecular weight excluding hydrogens is 274 g/mol. The summed E-state index contributed by atoms with van der Waals surface area (Å²) in [5, 5.41) is 2.97. The molecule has 3 rings (SSSR count). The maximum absolute atomic E-state index is 12.6. The number of nitrogens with zero attached hydrogens (tertiary/aromatic N) is 2. The van der Waals surface area contributed by atoms with Gasteiger partial charge >= 0.3 is 6.03 Å². The van der Waals surface area contributed by atoms with Crippen molar-refractivity contribution in [2.45, 2.75) is 31.7 Å². The van der Waals surface area contributed by atoms with Gasteiger partial charge < -0.3 is 10.2 Å². The number of benzene rings is 1. The van der Waals surface area contributed by atoms with Gasteiger partial charge in [0.15, 0.2) is 0 Å². The minimum absolute atomic E-state index is 0.00756. The summed E-state index contributed by atoms with van der Waals surface area (Å²) in [5.74, 6) is 0. The van der Waals surface area contributed by atoms with Crippen molar-refractivity contribution < 1.29 is 4.79 Å². The molecule has 0 aliphatic carbocycles. The first-order valence-electron chi connectivity index (χ1n) is 7.84. The number of amides is 2. The van der Waals surface area contributed by atoms with Gasteiger partial charge in [0, 0.05) is 30.7 Å². The van der Waals surface area contributed by atoms with Gasteiger partial charge in [-0.05, 0) is 43.4 Å². The van der Waals surface area contributed by atoms with Gasteiger partial charge in [0.25, 0.3) is 0 Å². The minimum Gasteiger partial charge on any atom is -0.321 e. The molecule has 1 N–H and O–H groups in total. The summed E-state index contributed by atoms with van der Waals surface area (Å²) in [6.07, 6.45) is 7.63. The molecule has 1 atom stereocenters. The Labute approximate surface area is 131 Å². The summed E-state index contributed by atoms with van der Waals surface area (Å²) >= 11 is 0. The van der Waals surface area contributed by atoms with Crippen molar-refractivity contribution in [2.24, 2.45) is 0 Å². The van der Waals surface area contributed by atoms with Crippen LogP contribution in [-0.4, -0.2) is 28.5 Å². The molecule has 0 radical (unpaired) electrons. The number of anilines is 1. The zero-order valence-corrected chi connectivity index (χ0v) is 12.6. The maximum Gasteiger partial charge on any atom is 0.322 e. The topological polar surface area (TPSA) is 45.2 Å². The number of aromatic nitrogens is 1. The summed E-state index contributed by atoms with van der Waals surface area (Å²) in [6, 6.07) is 14.3. The lowest BCUT2D eigenvalue weighted by atomic mass is 9.96. The zero-order chi connectivity index (χ0) is 15.2. The van der Waals surface area contributed by atoms with E-state index in [2.05, 4.69) is 34.6 Å². The third kappa shape index (κ3) is 3.64. The molecule has 1 fully saturated rings. The van der Waals surface area contributed by atoms with E-state index in [4.69, 9.17) is 0 Å². The van der Waals surface area contributed by atoms with Gasteiger partial charge in [-0.2, -0.15) is 0 Å². The first-order valence-corrected chi connectivity index (χ1v) is 7.84. The van der Waals surface area contributed by atoms with Gasteiger partial charge in [-0.15, -0.1) is 0 Å². The second kappa shape index (κ2) is 7.07. The van der Waals surface area contributed by atoms with Gasteiger partial charge in [0.2, 0.25) is 0 Å². The fourth-order valence-electron chi connectivity index (χ4n) is 3.00. The molecule has 1 unspecified atom stereocenters. The van der Waals surface area contributed by atoms with E-state index in [0.29, 0.717) is 0 Å². The van der Waals surface area contributed by atoms with Crippen molar-refractivity contribution in [3.05, 3.63) is 60.4 Å². The molecular formula is C18H21N3O. The molecule has 1 saturated heterocycles. The number of nitrogens with one attached hydrogen (secondary N) is 1. The predicted octanol–water partition coefficient (Wildman–Crippen LogP) is 3.71. The van der Waals surface area contributed by atoms with Crippen LogP contribution in [0.5, 0.6) is 0 Å². The largest absolute Gasteiger partial charge is 0.322 e. The van der Waals surface area contributed by atoms with E-state index in [1.165, 1.54) is 12.0 Å². The molecule has 22 heavy (non-hydrogen) atoms. The number of carbonyl (C=O) groups excluding carboxylic acids is 1. The van der Waals surface area contributed by atoms with Crippen LogP contribution in [0.4, 0.5) is 10.5 Å². The Morgan fingerprint density at radius 1 is 1.14 bits per heavy atom. The van der Waals surface area contributed by atoms with Crippen molar-refractivity contribution in [1.82, 2.24) is 9.88 Å². The van der Waals surface area contributed by atoms with Crippen LogP contribution in [0.25, 0.3) is 0 Å². The molecule has 114 valence electrons. The van der Waals surface area contributed by atoms with Gasteiger partial charge in [0.05, 0.1) is 0 Å². The highest BCUT2D eigenvalue weighted by atomic mass is 16.2. The van der Waals surface area contributed by atoms with Crippen LogP contribution in [-0.2, 0) is 6.42 Å². The second-order valence-corrected chi connectivity index (χ2v) is 5.70. The summed E-state index contributed by atoms with van der Waals surface area (Å²) in [7, 11) is 0. The lowest BCUT2D eigenvalue weighted by molar-refractivity contribution is 0.162. The summed E-state index contributed by atoms with van der Waals surface area (Å²) < 4.78 is 0. The normalized spacial score (nSPS) is 18.0. The van der Waals surface area contributed by atoms with Crippen LogP contribution in [0.2, 0.25) is 0 Å². The van der Waals surface area contributed by atoms with Crippen LogP contribution in [0.15, 0.2) is 54.9 Å². The molecule has 0 spiro atoms. The molecule has 1 aliphatic rings. The highest BCUT2D eigenvalue weighted by Crippen LogP contribution is 2.21. The number of likely N-dealkylation sites (tertiary alicyclic amines) is 1. The molecule has 1 aromatic carbocycles. The lowest BCUT2D eigenvalue weighted by Crippen LogP contribution is -2.46. The van der Waals surface area contributed by atoms with E-state index < -0.39 is 0 Å². The van der Waals surface area contributed by atoms with Crippen molar-refractivity contribution in [3.8, 4) is 0 Å². The Morgan fingerprint density at radius 2 is 1.91 bits per heavy atom. The maximum atomic E-state index is 12.6. The predicted molar refractivity (Wildman–Crippen MR) is 87.7 cm³/mol. The number of pyridine rings is 1. The van der Waals surface area contributed by atoms with Crippen LogP contribution >= 0.6 is 0 Å². The molecule has 0 bridgehead atoms. The highest BCUT2D eigenvalue weighted by Gasteiger charge is 2.26. The smallest absolute Gasteiger partial charge is 0.321 e. The van der Waals surface area contributed by atoms with Crippen molar-refractivity contribution in [2.75, 3.05) is 11.9 Å². The zero-order valence-electron chi connectivity index (χ0n) is 12.6. The molecule has 2 aromatic rings. The minimum atomic E-state index is -0.00756. The Kier molecular flexibility index (Phi) is 4.68. The van der Waals surface area contributed by atoms with Gasteiger partial charge in [-0.25, -0.2) is 4.79 Å². The van der Waals surface area contributed by atoms with Gasteiger partial charge in [-0.3, -0.25) is 4.98 Å². The van der Waals surface area contributed by atoms with Crippen LogP contribution in [0.3, 0.4) is 0 Å². The molecule has 1 aliphatic heterocycles. The number of rotatable bonds is 3. The van der Waals surface area contributed by atoms with E-state index >= 15 is 0 Å². The van der Waals surface area contributed by atoms with E-state index in [1.54, 1.807) is 12.4 Å². The lowest BCUT2D eigenvalue weighted by Gasteiger charge is -2.36. The first-order chi connectivity index (χ1) is 10.8. The van der Waals surface area contributed by atoms with Crippen LogP contribution in [0.1, 0.15) is 24.8 Å². The summed E-state index contributed by atoms with van der Waals surface area (Å²) in [6.45, 7) is 0.828. The Balaban J connectivity index is 1.68. The Morgan fingerprint density at radius 3 is 2.68 bits per heavy atom. The van der Waals surface area contributed by atoms with E-state index in [1.807, 2.05) is 23.1 Å². The molecule has 0 saturated carbocycles. The SMILES string of the molecule is O=C(Nc1ccncc1)N1CCCCC1Cc1ccccc1. The van der Waals surface area contributed by atoms with Crippen molar-refractivity contribution in [1.29, 1.82) is 0 Å². The van der Waals surface area contributed by atoms with E-state index in [9.17, 15) is 4.79 Å².